The van der Waals surface area contributed by atoms with E-state index in [1.807, 2.05) is 6.92 Å². The quantitative estimate of drug-likeness (QED) is 0.928. The Balaban J connectivity index is 1.78. The Morgan fingerprint density at radius 2 is 2.13 bits per heavy atom. The number of aromatic nitrogens is 2. The van der Waals surface area contributed by atoms with Crippen LogP contribution in [0.3, 0.4) is 0 Å². The van der Waals surface area contributed by atoms with Gasteiger partial charge in [0, 0.05) is 18.7 Å². The summed E-state index contributed by atoms with van der Waals surface area (Å²) < 4.78 is 1.38. The highest BCUT2D eigenvalue weighted by Gasteiger charge is 2.61. The van der Waals surface area contributed by atoms with Crippen molar-refractivity contribution >= 4 is 5.91 Å². The second-order valence-corrected chi connectivity index (χ2v) is 7.92. The zero-order valence-electron chi connectivity index (χ0n) is 14.6. The van der Waals surface area contributed by atoms with E-state index in [4.69, 9.17) is 0 Å². The van der Waals surface area contributed by atoms with Crippen LogP contribution in [0.15, 0.2) is 16.9 Å². The first-order valence-corrected chi connectivity index (χ1v) is 8.68. The molecule has 1 aromatic heterocycles. The van der Waals surface area contributed by atoms with Crippen LogP contribution in [0.5, 0.6) is 0 Å². The van der Waals surface area contributed by atoms with Crippen LogP contribution < -0.4 is 10.9 Å². The number of rotatable bonds is 4. The highest BCUT2D eigenvalue weighted by atomic mass is 16.2. The second kappa shape index (κ2) is 5.46. The number of nitrogens with zero attached hydrogens (tertiary/aromatic N) is 2. The number of hydrogen-bond donors (Lipinski definition) is 1. The largest absolute Gasteiger partial charge is 0.347 e. The monoisotopic (exact) mass is 317 g/mol. The molecule has 1 amide bonds. The summed E-state index contributed by atoms with van der Waals surface area (Å²) in [6, 6.07) is 3.16. The maximum absolute atomic E-state index is 12.6. The van der Waals surface area contributed by atoms with Crippen molar-refractivity contribution in [1.29, 1.82) is 0 Å². The minimum Gasteiger partial charge on any atom is -0.347 e. The number of hydrogen-bond acceptors (Lipinski definition) is 3. The number of fused-ring (bicyclic) bond motifs is 2. The van der Waals surface area contributed by atoms with E-state index >= 15 is 0 Å². The third-order valence-corrected chi connectivity index (χ3v) is 6.63. The molecule has 2 aliphatic rings. The molecule has 3 atom stereocenters. The van der Waals surface area contributed by atoms with Gasteiger partial charge in [-0.05, 0) is 48.5 Å². The first kappa shape index (κ1) is 16.2. The average Bonchev–Trinajstić information content (AvgIpc) is 2.83. The maximum Gasteiger partial charge on any atom is 0.271 e. The standard InChI is InChI=1S/C18H27N3O2/c1-5-10-21-15(22)7-6-13(20-21)16(23)19-14-11-12-8-9-18(14,4)17(12,2)3/h6-7,12,14H,5,8-11H2,1-4H3,(H,19,23). The van der Waals surface area contributed by atoms with Gasteiger partial charge in [-0.25, -0.2) is 4.68 Å². The summed E-state index contributed by atoms with van der Waals surface area (Å²) in [6.45, 7) is 9.48. The van der Waals surface area contributed by atoms with Crippen molar-refractivity contribution in [1.82, 2.24) is 15.1 Å². The van der Waals surface area contributed by atoms with Gasteiger partial charge in [0.05, 0.1) is 0 Å². The predicted molar refractivity (Wildman–Crippen MR) is 89.3 cm³/mol. The average molecular weight is 317 g/mol. The molecule has 1 N–H and O–H groups in total. The molecular weight excluding hydrogens is 290 g/mol. The van der Waals surface area contributed by atoms with Crippen LogP contribution in [0, 0.1) is 16.7 Å². The van der Waals surface area contributed by atoms with Gasteiger partial charge in [-0.15, -0.1) is 0 Å². The highest BCUT2D eigenvalue weighted by molar-refractivity contribution is 5.92. The van der Waals surface area contributed by atoms with Crippen LogP contribution in [0.25, 0.3) is 0 Å². The summed E-state index contributed by atoms with van der Waals surface area (Å²) in [5.41, 5.74) is 0.587. The summed E-state index contributed by atoms with van der Waals surface area (Å²) in [7, 11) is 0. The normalized spacial score (nSPS) is 31.3. The van der Waals surface area contributed by atoms with Crippen LogP contribution in [-0.2, 0) is 6.54 Å². The molecule has 0 saturated heterocycles. The fraction of sp³-hybridized carbons (Fsp3) is 0.722. The molecule has 2 saturated carbocycles. The molecule has 0 aromatic carbocycles. The van der Waals surface area contributed by atoms with E-state index in [-0.39, 0.29) is 28.3 Å². The first-order valence-electron chi connectivity index (χ1n) is 8.68. The van der Waals surface area contributed by atoms with Gasteiger partial charge in [0.25, 0.3) is 11.5 Å². The van der Waals surface area contributed by atoms with Gasteiger partial charge in [-0.2, -0.15) is 5.10 Å². The Labute approximate surface area is 137 Å². The molecular formula is C18H27N3O2. The fourth-order valence-electron chi connectivity index (χ4n) is 4.60. The van der Waals surface area contributed by atoms with E-state index in [0.717, 1.165) is 12.8 Å². The van der Waals surface area contributed by atoms with Crippen molar-refractivity contribution in [3.8, 4) is 0 Å². The van der Waals surface area contributed by atoms with Crippen LogP contribution in [0.1, 0.15) is 63.9 Å². The Hall–Kier alpha value is -1.65. The van der Waals surface area contributed by atoms with Gasteiger partial charge in [-0.3, -0.25) is 9.59 Å². The molecule has 2 fully saturated rings. The van der Waals surface area contributed by atoms with Crippen LogP contribution >= 0.6 is 0 Å². The van der Waals surface area contributed by atoms with E-state index in [9.17, 15) is 9.59 Å². The molecule has 1 heterocycles. The van der Waals surface area contributed by atoms with Gasteiger partial charge in [0.1, 0.15) is 5.69 Å². The smallest absolute Gasteiger partial charge is 0.271 e. The number of carbonyl (C=O) groups is 1. The zero-order valence-corrected chi connectivity index (χ0v) is 14.6. The minimum absolute atomic E-state index is 0.144. The van der Waals surface area contributed by atoms with Crippen LogP contribution in [0.2, 0.25) is 0 Å². The van der Waals surface area contributed by atoms with Gasteiger partial charge in [0.2, 0.25) is 0 Å². The molecule has 1 aromatic rings. The topological polar surface area (TPSA) is 64.0 Å². The Morgan fingerprint density at radius 1 is 1.39 bits per heavy atom. The summed E-state index contributed by atoms with van der Waals surface area (Å²) in [5.74, 6) is 0.518. The van der Waals surface area contributed by atoms with Gasteiger partial charge in [-0.1, -0.05) is 27.7 Å². The zero-order chi connectivity index (χ0) is 16.8. The number of aryl methyl sites for hydroxylation is 1. The molecule has 2 bridgehead atoms. The van der Waals surface area contributed by atoms with Crippen molar-refractivity contribution in [2.24, 2.45) is 16.7 Å². The molecule has 5 nitrogen and oxygen atoms in total. The summed E-state index contributed by atoms with van der Waals surface area (Å²) >= 11 is 0. The van der Waals surface area contributed by atoms with E-state index in [0.29, 0.717) is 18.2 Å². The fourth-order valence-corrected chi connectivity index (χ4v) is 4.60. The lowest BCUT2D eigenvalue weighted by atomic mass is 9.69. The number of amides is 1. The second-order valence-electron chi connectivity index (χ2n) is 7.92. The molecule has 23 heavy (non-hydrogen) atoms. The minimum atomic E-state index is -0.163. The SMILES string of the molecule is CCCn1nc(C(=O)NC2CC3CCC2(C)C3(C)C)ccc1=O. The van der Waals surface area contributed by atoms with Gasteiger partial charge < -0.3 is 5.32 Å². The molecule has 2 aliphatic carbocycles. The van der Waals surface area contributed by atoms with Crippen molar-refractivity contribution in [3.63, 3.8) is 0 Å². The third-order valence-electron chi connectivity index (χ3n) is 6.63. The van der Waals surface area contributed by atoms with Gasteiger partial charge >= 0.3 is 0 Å². The predicted octanol–water partition coefficient (Wildman–Crippen LogP) is 2.60. The third kappa shape index (κ3) is 2.41. The first-order chi connectivity index (χ1) is 10.8. The van der Waals surface area contributed by atoms with Crippen molar-refractivity contribution in [3.05, 3.63) is 28.2 Å². The lowest BCUT2D eigenvalue weighted by Crippen LogP contribution is -2.47. The Kier molecular flexibility index (Phi) is 3.85. The molecule has 0 aliphatic heterocycles. The van der Waals surface area contributed by atoms with Crippen molar-refractivity contribution in [2.45, 2.75) is 66.0 Å². The van der Waals surface area contributed by atoms with E-state index in [2.05, 4.69) is 31.2 Å². The summed E-state index contributed by atoms with van der Waals surface area (Å²) in [6.07, 6.45) is 4.28. The molecule has 3 unspecified atom stereocenters. The molecule has 0 spiro atoms. The van der Waals surface area contributed by atoms with E-state index < -0.39 is 0 Å². The van der Waals surface area contributed by atoms with E-state index in [1.54, 1.807) is 0 Å². The summed E-state index contributed by atoms with van der Waals surface area (Å²) in [4.78, 5) is 24.3. The Morgan fingerprint density at radius 3 is 2.70 bits per heavy atom. The highest BCUT2D eigenvalue weighted by Crippen LogP contribution is 2.65. The number of carbonyl (C=O) groups excluding carboxylic acids is 1. The molecule has 0 radical (unpaired) electrons. The molecule has 5 heteroatoms. The lowest BCUT2D eigenvalue weighted by molar-refractivity contribution is 0.0819. The van der Waals surface area contributed by atoms with Crippen molar-refractivity contribution < 1.29 is 4.79 Å². The van der Waals surface area contributed by atoms with Crippen LogP contribution in [0.4, 0.5) is 0 Å². The molecule has 3 rings (SSSR count). The van der Waals surface area contributed by atoms with Gasteiger partial charge in [0.15, 0.2) is 0 Å². The number of nitrogens with one attached hydrogen (secondary N) is 1. The Bertz CT molecular complexity index is 679. The maximum atomic E-state index is 12.6. The lowest BCUT2D eigenvalue weighted by Gasteiger charge is -2.39. The molecule has 126 valence electrons. The van der Waals surface area contributed by atoms with Crippen LogP contribution in [-0.4, -0.2) is 21.7 Å². The van der Waals surface area contributed by atoms with E-state index in [1.165, 1.54) is 29.7 Å². The van der Waals surface area contributed by atoms with Crippen molar-refractivity contribution in [2.75, 3.05) is 0 Å². The summed E-state index contributed by atoms with van der Waals surface area (Å²) in [5, 5.41) is 7.41.